The Bertz CT molecular complexity index is 1120. The second-order valence-corrected chi connectivity index (χ2v) is 8.15. The average molecular weight is 439 g/mol. The molecule has 3 N–H and O–H groups in total. The second-order valence-electron chi connectivity index (χ2n) is 7.27. The lowest BCUT2D eigenvalue weighted by Gasteiger charge is -2.15. The summed E-state index contributed by atoms with van der Waals surface area (Å²) in [6, 6.07) is 6.65. The van der Waals surface area contributed by atoms with Crippen LogP contribution in [-0.2, 0) is 0 Å². The molecule has 0 radical (unpaired) electrons. The van der Waals surface area contributed by atoms with Crippen LogP contribution >= 0.6 is 11.8 Å². The minimum Gasteiger partial charge on any atom is -0.478 e. The average Bonchev–Trinajstić information content (AvgIpc) is 3.21. The van der Waals surface area contributed by atoms with E-state index in [1.54, 1.807) is 24.0 Å². The molecule has 160 valence electrons. The second kappa shape index (κ2) is 9.17. The smallest absolute Gasteiger partial charge is 0.335 e. The number of aromatic carboxylic acids is 1. The zero-order valence-corrected chi connectivity index (χ0v) is 17.7. The third-order valence-electron chi connectivity index (χ3n) is 5.17. The number of aromatic nitrogens is 4. The zero-order valence-electron chi connectivity index (χ0n) is 16.9. The fourth-order valence-electron chi connectivity index (χ4n) is 3.57. The van der Waals surface area contributed by atoms with Gasteiger partial charge in [-0.25, -0.2) is 19.7 Å². The minimum atomic E-state index is -1.13. The van der Waals surface area contributed by atoms with Crippen LogP contribution in [0.25, 0.3) is 5.69 Å². The fraction of sp³-hybridized carbons (Fsp3) is 0.286. The Morgan fingerprint density at radius 1 is 1.10 bits per heavy atom. The van der Waals surface area contributed by atoms with Gasteiger partial charge in [0.1, 0.15) is 5.82 Å². The number of nitrogens with zero attached hydrogens (tertiary/aromatic N) is 4. The number of hydrogen-bond donors (Lipinski definition) is 3. The predicted molar refractivity (Wildman–Crippen MR) is 119 cm³/mol. The Kier molecular flexibility index (Phi) is 6.17. The number of rotatable bonds is 7. The van der Waals surface area contributed by atoms with Crippen molar-refractivity contribution in [1.82, 2.24) is 19.5 Å². The number of nitrogens with one attached hydrogen (secondary N) is 2. The SMILES string of the molecule is CSc1cnc(N[C@H]2CC[C@H](Nc3ccc(-n4ccc(C(=O)O)cc4=O)cn3)C2)nc1. The van der Waals surface area contributed by atoms with Crippen LogP contribution in [0.2, 0.25) is 0 Å². The van der Waals surface area contributed by atoms with Crippen LogP contribution < -0.4 is 16.2 Å². The topological polar surface area (TPSA) is 122 Å². The number of carbonyl (C=O) groups is 1. The largest absolute Gasteiger partial charge is 0.478 e. The van der Waals surface area contributed by atoms with E-state index in [-0.39, 0.29) is 11.6 Å². The number of pyridine rings is 2. The minimum absolute atomic E-state index is 0.0394. The van der Waals surface area contributed by atoms with Gasteiger partial charge in [-0.15, -0.1) is 11.8 Å². The molecule has 3 aromatic heterocycles. The van der Waals surface area contributed by atoms with Crippen LogP contribution in [0.15, 0.2) is 58.7 Å². The van der Waals surface area contributed by atoms with Crippen molar-refractivity contribution >= 4 is 29.5 Å². The summed E-state index contributed by atoms with van der Waals surface area (Å²) in [4.78, 5) is 37.3. The van der Waals surface area contributed by atoms with Gasteiger partial charge in [-0.05, 0) is 43.7 Å². The third kappa shape index (κ3) is 5.02. The van der Waals surface area contributed by atoms with Crippen molar-refractivity contribution in [2.45, 2.75) is 36.2 Å². The maximum Gasteiger partial charge on any atom is 0.335 e. The van der Waals surface area contributed by atoms with E-state index in [1.165, 1.54) is 16.8 Å². The number of anilines is 2. The van der Waals surface area contributed by atoms with Crippen LogP contribution in [0.5, 0.6) is 0 Å². The molecule has 9 nitrogen and oxygen atoms in total. The highest BCUT2D eigenvalue weighted by atomic mass is 32.2. The van der Waals surface area contributed by atoms with Gasteiger partial charge in [-0.3, -0.25) is 9.36 Å². The molecule has 1 aliphatic rings. The van der Waals surface area contributed by atoms with Gasteiger partial charge in [0.15, 0.2) is 0 Å². The molecule has 1 aliphatic carbocycles. The summed E-state index contributed by atoms with van der Waals surface area (Å²) in [5, 5.41) is 15.8. The van der Waals surface area contributed by atoms with E-state index in [0.29, 0.717) is 17.7 Å². The van der Waals surface area contributed by atoms with Crippen molar-refractivity contribution in [3.05, 3.63) is 65.0 Å². The predicted octanol–water partition coefficient (Wildman–Crippen LogP) is 2.89. The lowest BCUT2D eigenvalue weighted by molar-refractivity contribution is 0.0696. The van der Waals surface area contributed by atoms with Crippen LogP contribution in [0.4, 0.5) is 11.8 Å². The van der Waals surface area contributed by atoms with Crippen LogP contribution in [0.3, 0.4) is 0 Å². The standard InChI is InChI=1S/C21H22N6O3S/c1-31-17-11-23-21(24-12-17)26-15-3-2-14(9-15)25-18-5-4-16(10-22-18)27-7-6-13(20(29)30)8-19(27)28/h4-8,10-12,14-15H,2-3,9H2,1H3,(H,22,25)(H,29,30)(H,23,24,26)/t14-,15-/m0/s1. The molecule has 1 fully saturated rings. The molecule has 10 heteroatoms. The molecule has 3 aromatic rings. The molecule has 0 unspecified atom stereocenters. The molecule has 0 spiro atoms. The van der Waals surface area contributed by atoms with E-state index in [9.17, 15) is 9.59 Å². The van der Waals surface area contributed by atoms with Gasteiger partial charge in [-0.2, -0.15) is 0 Å². The van der Waals surface area contributed by atoms with E-state index in [4.69, 9.17) is 5.11 Å². The van der Waals surface area contributed by atoms with Gasteiger partial charge in [0, 0.05) is 41.6 Å². The van der Waals surface area contributed by atoms with E-state index in [2.05, 4.69) is 25.6 Å². The van der Waals surface area contributed by atoms with Crippen LogP contribution in [0.1, 0.15) is 29.6 Å². The van der Waals surface area contributed by atoms with Crippen molar-refractivity contribution in [1.29, 1.82) is 0 Å². The number of thioether (sulfide) groups is 1. The Balaban J connectivity index is 1.35. The maximum atomic E-state index is 12.2. The van der Waals surface area contributed by atoms with E-state index >= 15 is 0 Å². The van der Waals surface area contributed by atoms with Gasteiger partial charge in [-0.1, -0.05) is 0 Å². The highest BCUT2D eigenvalue weighted by Crippen LogP contribution is 2.25. The summed E-state index contributed by atoms with van der Waals surface area (Å²) < 4.78 is 1.36. The Morgan fingerprint density at radius 3 is 2.45 bits per heavy atom. The Labute approximate surface area is 183 Å². The van der Waals surface area contributed by atoms with Gasteiger partial charge in [0.25, 0.3) is 5.56 Å². The highest BCUT2D eigenvalue weighted by molar-refractivity contribution is 7.98. The summed E-state index contributed by atoms with van der Waals surface area (Å²) in [5.74, 6) is 0.241. The Morgan fingerprint density at radius 2 is 1.84 bits per heavy atom. The summed E-state index contributed by atoms with van der Waals surface area (Å²) in [6.45, 7) is 0. The van der Waals surface area contributed by atoms with Gasteiger partial charge < -0.3 is 15.7 Å². The molecule has 2 atom stereocenters. The molecule has 0 bridgehead atoms. The molecule has 31 heavy (non-hydrogen) atoms. The monoisotopic (exact) mass is 438 g/mol. The Hall–Kier alpha value is -3.40. The van der Waals surface area contributed by atoms with E-state index < -0.39 is 11.5 Å². The lowest BCUT2D eigenvalue weighted by atomic mass is 10.2. The first-order valence-electron chi connectivity index (χ1n) is 9.83. The molecule has 0 aliphatic heterocycles. The van der Waals surface area contributed by atoms with Gasteiger partial charge in [0.05, 0.1) is 17.4 Å². The molecule has 4 rings (SSSR count). The first kappa shape index (κ1) is 20.9. The summed E-state index contributed by atoms with van der Waals surface area (Å²) in [5.41, 5.74) is 0.117. The van der Waals surface area contributed by atoms with Crippen molar-refractivity contribution in [2.75, 3.05) is 16.9 Å². The summed E-state index contributed by atoms with van der Waals surface area (Å²) >= 11 is 1.61. The third-order valence-corrected chi connectivity index (χ3v) is 5.86. The first-order chi connectivity index (χ1) is 15.0. The van der Waals surface area contributed by atoms with Crippen molar-refractivity contribution < 1.29 is 9.90 Å². The maximum absolute atomic E-state index is 12.2. The molecule has 1 saturated carbocycles. The van der Waals surface area contributed by atoms with Crippen LogP contribution in [-0.4, -0.2) is 48.9 Å². The summed E-state index contributed by atoms with van der Waals surface area (Å²) in [7, 11) is 0. The van der Waals surface area contributed by atoms with E-state index in [1.807, 2.05) is 24.7 Å². The quantitative estimate of drug-likeness (QED) is 0.478. The van der Waals surface area contributed by atoms with Gasteiger partial charge in [0.2, 0.25) is 5.95 Å². The molecular weight excluding hydrogens is 416 g/mol. The molecule has 0 saturated heterocycles. The highest BCUT2D eigenvalue weighted by Gasteiger charge is 2.25. The number of carboxylic acids is 1. The zero-order chi connectivity index (χ0) is 21.8. The van der Waals surface area contributed by atoms with Crippen molar-refractivity contribution in [3.63, 3.8) is 0 Å². The van der Waals surface area contributed by atoms with Crippen molar-refractivity contribution in [2.24, 2.45) is 0 Å². The van der Waals surface area contributed by atoms with E-state index in [0.717, 1.165) is 36.0 Å². The fourth-order valence-corrected chi connectivity index (χ4v) is 3.89. The normalized spacial score (nSPS) is 18.0. The number of hydrogen-bond acceptors (Lipinski definition) is 8. The molecule has 0 amide bonds. The van der Waals surface area contributed by atoms with Crippen molar-refractivity contribution in [3.8, 4) is 5.69 Å². The lowest BCUT2D eigenvalue weighted by Crippen LogP contribution is -2.22. The number of carboxylic acid groups (broad SMARTS) is 1. The first-order valence-corrected chi connectivity index (χ1v) is 11.1. The molecule has 3 heterocycles. The molecular formula is C21H22N6O3S. The van der Waals surface area contributed by atoms with Gasteiger partial charge >= 0.3 is 5.97 Å². The molecule has 0 aromatic carbocycles. The van der Waals surface area contributed by atoms with Crippen LogP contribution in [0, 0.1) is 0 Å². The summed E-state index contributed by atoms with van der Waals surface area (Å²) in [6.07, 6.45) is 11.6.